The molecule has 0 spiro atoms. The van der Waals surface area contributed by atoms with Crippen LogP contribution in [0.4, 0.5) is 11.5 Å². The van der Waals surface area contributed by atoms with Crippen molar-refractivity contribution in [2.45, 2.75) is 5.03 Å². The Morgan fingerprint density at radius 2 is 2.00 bits per heavy atom. The maximum absolute atomic E-state index is 11.4. The van der Waals surface area contributed by atoms with Crippen LogP contribution in [0.2, 0.25) is 0 Å². The highest BCUT2D eigenvalue weighted by Gasteiger charge is 2.09. The summed E-state index contributed by atoms with van der Waals surface area (Å²) in [6.45, 7) is 0. The van der Waals surface area contributed by atoms with E-state index in [1.54, 1.807) is 0 Å². The maximum Gasteiger partial charge on any atom is 0.192 e. The Morgan fingerprint density at radius 3 is 2.67 bits per heavy atom. The molecule has 7 heteroatoms. The average molecular weight is 328 g/mol. The molecule has 2 aromatic rings. The van der Waals surface area contributed by atoms with Gasteiger partial charge in [0.15, 0.2) is 14.9 Å². The number of hydrogen-bond acceptors (Lipinski definition) is 5. The van der Waals surface area contributed by atoms with Gasteiger partial charge >= 0.3 is 0 Å². The molecule has 0 fully saturated rings. The topological polar surface area (TPSA) is 72.0 Å². The van der Waals surface area contributed by atoms with Crippen LogP contribution in [-0.2, 0) is 9.84 Å². The first-order chi connectivity index (χ1) is 8.45. The lowest BCUT2D eigenvalue weighted by Crippen LogP contribution is -2.03. The van der Waals surface area contributed by atoms with Gasteiger partial charge in [0, 0.05) is 22.5 Å². The van der Waals surface area contributed by atoms with Crippen molar-refractivity contribution in [1.29, 1.82) is 0 Å². The van der Waals surface area contributed by atoms with E-state index in [2.05, 4.69) is 31.2 Å². The van der Waals surface area contributed by atoms with Gasteiger partial charge in [0.1, 0.15) is 12.1 Å². The number of hydrogen-bond donors (Lipinski definition) is 1. The lowest BCUT2D eigenvalue weighted by Gasteiger charge is -2.06. The molecular formula is C11H10BrN3O2S. The lowest BCUT2D eigenvalue weighted by atomic mass is 10.3. The third-order valence-electron chi connectivity index (χ3n) is 2.12. The molecule has 0 unspecified atom stereocenters. The van der Waals surface area contributed by atoms with Gasteiger partial charge in [0.05, 0.1) is 0 Å². The molecule has 0 aliphatic heterocycles. The Labute approximate surface area is 113 Å². The Balaban J connectivity index is 2.30. The fourth-order valence-corrected chi connectivity index (χ4v) is 2.29. The van der Waals surface area contributed by atoms with Gasteiger partial charge in [-0.1, -0.05) is 22.0 Å². The summed E-state index contributed by atoms with van der Waals surface area (Å²) in [6.07, 6.45) is 2.33. The molecule has 1 aromatic carbocycles. The maximum atomic E-state index is 11.4. The second kappa shape index (κ2) is 5.03. The third-order valence-corrected chi connectivity index (χ3v) is 3.60. The summed E-state index contributed by atoms with van der Waals surface area (Å²) in [4.78, 5) is 7.70. The molecule has 0 aliphatic rings. The van der Waals surface area contributed by atoms with Gasteiger partial charge in [0.25, 0.3) is 0 Å². The Hall–Kier alpha value is -1.47. The van der Waals surface area contributed by atoms with Gasteiger partial charge in [-0.3, -0.25) is 0 Å². The molecule has 18 heavy (non-hydrogen) atoms. The first-order valence-electron chi connectivity index (χ1n) is 5.00. The Bertz CT molecular complexity index is 673. The molecule has 5 nitrogen and oxygen atoms in total. The van der Waals surface area contributed by atoms with E-state index in [-0.39, 0.29) is 5.03 Å². The molecule has 0 amide bonds. The monoisotopic (exact) mass is 327 g/mol. The molecule has 2 rings (SSSR count). The number of nitrogens with one attached hydrogen (secondary N) is 1. The van der Waals surface area contributed by atoms with Gasteiger partial charge in [-0.15, -0.1) is 0 Å². The second-order valence-electron chi connectivity index (χ2n) is 3.65. The summed E-state index contributed by atoms with van der Waals surface area (Å²) in [6, 6.07) is 8.88. The Kier molecular flexibility index (Phi) is 3.63. The Morgan fingerprint density at radius 1 is 1.22 bits per heavy atom. The highest BCUT2D eigenvalue weighted by atomic mass is 79.9. The van der Waals surface area contributed by atoms with Crippen molar-refractivity contribution >= 4 is 37.3 Å². The van der Waals surface area contributed by atoms with Crippen LogP contribution in [0.1, 0.15) is 0 Å². The van der Waals surface area contributed by atoms with Crippen LogP contribution in [-0.4, -0.2) is 24.6 Å². The quantitative estimate of drug-likeness (QED) is 0.876. The van der Waals surface area contributed by atoms with Crippen molar-refractivity contribution in [3.8, 4) is 0 Å². The van der Waals surface area contributed by atoms with E-state index in [4.69, 9.17) is 0 Å². The fourth-order valence-electron chi connectivity index (χ4n) is 1.32. The number of halogens is 1. The zero-order chi connectivity index (χ0) is 13.2. The van der Waals surface area contributed by atoms with E-state index in [0.29, 0.717) is 5.82 Å². The summed E-state index contributed by atoms with van der Waals surface area (Å²) in [5.41, 5.74) is 0.808. The molecule has 1 N–H and O–H groups in total. The van der Waals surface area contributed by atoms with Crippen molar-refractivity contribution in [2.24, 2.45) is 0 Å². The van der Waals surface area contributed by atoms with Crippen molar-refractivity contribution < 1.29 is 8.42 Å². The summed E-state index contributed by atoms with van der Waals surface area (Å²) >= 11 is 3.35. The van der Waals surface area contributed by atoms with E-state index in [0.717, 1.165) is 16.4 Å². The van der Waals surface area contributed by atoms with E-state index < -0.39 is 9.84 Å². The van der Waals surface area contributed by atoms with E-state index in [1.165, 1.54) is 12.4 Å². The molecule has 0 saturated carbocycles. The number of anilines is 2. The SMILES string of the molecule is CS(=O)(=O)c1cc(Nc2cccc(Br)c2)ncn1. The number of aromatic nitrogens is 2. The van der Waals surface area contributed by atoms with Gasteiger partial charge in [-0.25, -0.2) is 18.4 Å². The molecule has 0 bridgehead atoms. The van der Waals surface area contributed by atoms with Crippen LogP contribution in [0.25, 0.3) is 0 Å². The first kappa shape index (κ1) is 13.0. The molecule has 1 aromatic heterocycles. The normalized spacial score (nSPS) is 11.2. The van der Waals surface area contributed by atoms with Crippen LogP contribution in [0, 0.1) is 0 Å². The molecule has 0 atom stereocenters. The predicted octanol–water partition coefficient (Wildman–Crippen LogP) is 2.39. The smallest absolute Gasteiger partial charge is 0.192 e. The molecule has 0 aliphatic carbocycles. The number of benzene rings is 1. The zero-order valence-corrected chi connectivity index (χ0v) is 11.9. The molecule has 1 heterocycles. The second-order valence-corrected chi connectivity index (χ2v) is 6.53. The zero-order valence-electron chi connectivity index (χ0n) is 9.46. The fraction of sp³-hybridized carbons (Fsp3) is 0.0909. The van der Waals surface area contributed by atoms with E-state index >= 15 is 0 Å². The standard InChI is InChI=1S/C11H10BrN3O2S/c1-18(16,17)11-6-10(13-7-14-11)15-9-4-2-3-8(12)5-9/h2-7H,1H3,(H,13,14,15). The minimum atomic E-state index is -3.33. The number of nitrogens with zero attached hydrogens (tertiary/aromatic N) is 2. The molecule has 0 saturated heterocycles. The first-order valence-corrected chi connectivity index (χ1v) is 7.68. The lowest BCUT2D eigenvalue weighted by molar-refractivity contribution is 0.598. The minimum absolute atomic E-state index is 0.00463. The summed E-state index contributed by atoms with van der Waals surface area (Å²) < 4.78 is 23.7. The van der Waals surface area contributed by atoms with Crippen LogP contribution in [0.5, 0.6) is 0 Å². The van der Waals surface area contributed by atoms with Crippen LogP contribution in [0.3, 0.4) is 0 Å². The summed E-state index contributed by atoms with van der Waals surface area (Å²) in [5.74, 6) is 0.434. The van der Waals surface area contributed by atoms with Crippen LogP contribution < -0.4 is 5.32 Å². The van der Waals surface area contributed by atoms with Gasteiger partial charge in [-0.2, -0.15) is 0 Å². The van der Waals surface area contributed by atoms with Crippen molar-refractivity contribution in [2.75, 3.05) is 11.6 Å². The van der Waals surface area contributed by atoms with E-state index in [9.17, 15) is 8.42 Å². The van der Waals surface area contributed by atoms with Gasteiger partial charge in [-0.05, 0) is 18.2 Å². The van der Waals surface area contributed by atoms with E-state index in [1.807, 2.05) is 24.3 Å². The van der Waals surface area contributed by atoms with Crippen LogP contribution >= 0.6 is 15.9 Å². The highest BCUT2D eigenvalue weighted by molar-refractivity contribution is 9.10. The summed E-state index contributed by atoms with van der Waals surface area (Å²) in [7, 11) is -3.33. The number of sulfone groups is 1. The number of rotatable bonds is 3. The third kappa shape index (κ3) is 3.27. The van der Waals surface area contributed by atoms with Crippen molar-refractivity contribution in [3.63, 3.8) is 0 Å². The highest BCUT2D eigenvalue weighted by Crippen LogP contribution is 2.20. The van der Waals surface area contributed by atoms with Crippen LogP contribution in [0.15, 0.2) is 46.2 Å². The molecular weight excluding hydrogens is 318 g/mol. The van der Waals surface area contributed by atoms with Gasteiger partial charge < -0.3 is 5.32 Å². The molecule has 0 radical (unpaired) electrons. The molecule has 94 valence electrons. The predicted molar refractivity (Wildman–Crippen MR) is 72.6 cm³/mol. The average Bonchev–Trinajstić information content (AvgIpc) is 2.28. The minimum Gasteiger partial charge on any atom is -0.340 e. The summed E-state index contributed by atoms with van der Waals surface area (Å²) in [5, 5.41) is 3.01. The van der Waals surface area contributed by atoms with Crippen molar-refractivity contribution in [3.05, 3.63) is 41.1 Å². The van der Waals surface area contributed by atoms with Crippen molar-refractivity contribution in [1.82, 2.24) is 9.97 Å². The van der Waals surface area contributed by atoms with Gasteiger partial charge in [0.2, 0.25) is 0 Å². The largest absolute Gasteiger partial charge is 0.340 e.